The fourth-order valence-electron chi connectivity index (χ4n) is 6.93. The van der Waals surface area contributed by atoms with Crippen LogP contribution in [-0.2, 0) is 5.41 Å². The van der Waals surface area contributed by atoms with Crippen LogP contribution in [0.4, 0.5) is 0 Å². The molecule has 0 aliphatic heterocycles. The number of pyridine rings is 1. The maximum absolute atomic E-state index is 5.33. The summed E-state index contributed by atoms with van der Waals surface area (Å²) in [6.45, 7) is 6.39. The van der Waals surface area contributed by atoms with E-state index in [0.717, 1.165) is 55.6 Å². The van der Waals surface area contributed by atoms with Gasteiger partial charge in [0.2, 0.25) is 5.95 Å². The Bertz CT molecular complexity index is 2200. The van der Waals surface area contributed by atoms with E-state index >= 15 is 0 Å². The topological polar surface area (TPSA) is 56.5 Å². The van der Waals surface area contributed by atoms with Crippen LogP contribution in [0.25, 0.3) is 45.2 Å². The second-order valence-corrected chi connectivity index (χ2v) is 11.5. The van der Waals surface area contributed by atoms with Crippen molar-refractivity contribution in [1.29, 1.82) is 0 Å². The van der Waals surface area contributed by atoms with Crippen LogP contribution < -0.4 is 0 Å². The minimum atomic E-state index is -0.627. The lowest BCUT2D eigenvalue weighted by molar-refractivity contribution is 0.731. The number of aromatic nitrogens is 5. The maximum atomic E-state index is 5.33. The first-order valence-corrected chi connectivity index (χ1v) is 15.7. The Labute approximate surface area is 274 Å². The van der Waals surface area contributed by atoms with Gasteiger partial charge in [-0.1, -0.05) is 146 Å². The van der Waals surface area contributed by atoms with Crippen molar-refractivity contribution in [2.75, 3.05) is 0 Å². The fourth-order valence-corrected chi connectivity index (χ4v) is 6.93. The summed E-state index contributed by atoms with van der Waals surface area (Å²) in [6, 6.07) is 43.5. The Kier molecular flexibility index (Phi) is 6.99. The second kappa shape index (κ2) is 11.6. The number of benzene rings is 4. The Balaban J connectivity index is 1.41. The summed E-state index contributed by atoms with van der Waals surface area (Å²) < 4.78 is 2.02. The normalized spacial score (nSPS) is 13.7. The number of fused-ring (bicyclic) bond motifs is 3. The molecule has 0 unspecified atom stereocenters. The second-order valence-electron chi connectivity index (χ2n) is 11.5. The van der Waals surface area contributed by atoms with Crippen LogP contribution >= 0.6 is 0 Å². The third kappa shape index (κ3) is 4.47. The third-order valence-electron chi connectivity index (χ3n) is 8.92. The predicted molar refractivity (Wildman–Crippen MR) is 190 cm³/mol. The van der Waals surface area contributed by atoms with Gasteiger partial charge in [0, 0.05) is 28.3 Å². The van der Waals surface area contributed by atoms with E-state index in [2.05, 4.69) is 92.4 Å². The molecule has 0 amide bonds. The summed E-state index contributed by atoms with van der Waals surface area (Å²) in [4.78, 5) is 20.2. The summed E-state index contributed by atoms with van der Waals surface area (Å²) in [7, 11) is 0. The Morgan fingerprint density at radius 2 is 1.19 bits per heavy atom. The van der Waals surface area contributed by atoms with Gasteiger partial charge in [-0.15, -0.1) is 0 Å². The standard InChI is InChI=1S/C42H31N5/c1-3-17-35-33(4-2)37-34-26-27-47(41-45-39(29-18-9-5-10-19-29)44-40(46-41)30-20-11-6-12-21-30)36(34)28-43-38(37)42(35,31-22-13-7-14-23-31)32-24-15-8-16-25-32/h3-28H,2H2,1H3/b17-3-. The molecule has 0 saturated heterocycles. The van der Waals surface area contributed by atoms with Crippen LogP contribution in [0.2, 0.25) is 0 Å². The Morgan fingerprint density at radius 1 is 0.660 bits per heavy atom. The number of allylic oxidation sites excluding steroid dienone is 5. The van der Waals surface area contributed by atoms with Crippen LogP contribution in [0.15, 0.2) is 170 Å². The summed E-state index contributed by atoms with van der Waals surface area (Å²) >= 11 is 0. The van der Waals surface area contributed by atoms with E-state index in [1.807, 2.05) is 83.7 Å². The molecule has 224 valence electrons. The average molecular weight is 606 g/mol. The van der Waals surface area contributed by atoms with E-state index in [1.165, 1.54) is 0 Å². The molecule has 8 rings (SSSR count). The SMILES string of the molecule is C=CC1=C(/C=C\C)C(c2ccccc2)(c2ccccc2)c2ncc3c(ccn3-c3nc(-c4ccccc4)nc(-c4ccccc4)n3)c21. The zero-order valence-corrected chi connectivity index (χ0v) is 26.0. The number of rotatable bonds is 7. The predicted octanol–water partition coefficient (Wildman–Crippen LogP) is 9.41. The van der Waals surface area contributed by atoms with Gasteiger partial charge >= 0.3 is 0 Å². The number of nitrogens with zero attached hydrogens (tertiary/aromatic N) is 5. The third-order valence-corrected chi connectivity index (χ3v) is 8.92. The van der Waals surface area contributed by atoms with Crippen molar-refractivity contribution >= 4 is 16.5 Å². The van der Waals surface area contributed by atoms with E-state index < -0.39 is 5.41 Å². The minimum Gasteiger partial charge on any atom is -0.284 e. The quantitative estimate of drug-likeness (QED) is 0.182. The van der Waals surface area contributed by atoms with Gasteiger partial charge in [0.05, 0.1) is 22.8 Å². The van der Waals surface area contributed by atoms with Crippen LogP contribution in [0.3, 0.4) is 0 Å². The van der Waals surface area contributed by atoms with Crippen molar-refractivity contribution in [3.8, 4) is 28.7 Å². The van der Waals surface area contributed by atoms with Gasteiger partial charge in [-0.2, -0.15) is 9.97 Å². The molecular formula is C42H31N5. The molecule has 3 heterocycles. The van der Waals surface area contributed by atoms with Crippen LogP contribution in [0, 0.1) is 0 Å². The molecule has 0 N–H and O–H groups in total. The number of hydrogen-bond acceptors (Lipinski definition) is 4. The van der Waals surface area contributed by atoms with Gasteiger partial charge in [0.1, 0.15) is 0 Å². The van der Waals surface area contributed by atoms with Gasteiger partial charge in [0.25, 0.3) is 0 Å². The Hall–Kier alpha value is -6.20. The molecule has 3 aromatic heterocycles. The molecule has 47 heavy (non-hydrogen) atoms. The number of hydrogen-bond donors (Lipinski definition) is 0. The lowest BCUT2D eigenvalue weighted by atomic mass is 9.68. The summed E-state index contributed by atoms with van der Waals surface area (Å²) in [6.07, 6.45) is 10.3. The largest absolute Gasteiger partial charge is 0.284 e. The molecule has 0 radical (unpaired) electrons. The molecule has 0 atom stereocenters. The average Bonchev–Trinajstić information content (AvgIpc) is 3.70. The van der Waals surface area contributed by atoms with Crippen molar-refractivity contribution in [3.05, 3.63) is 193 Å². The lowest BCUT2D eigenvalue weighted by Gasteiger charge is -2.33. The van der Waals surface area contributed by atoms with Crippen molar-refractivity contribution in [3.63, 3.8) is 0 Å². The minimum absolute atomic E-state index is 0.530. The smallest absolute Gasteiger partial charge is 0.238 e. The van der Waals surface area contributed by atoms with E-state index in [1.54, 1.807) is 0 Å². The molecule has 1 aliphatic carbocycles. The fraction of sp³-hybridized carbons (Fsp3) is 0.0476. The summed E-state index contributed by atoms with van der Waals surface area (Å²) in [5.74, 6) is 1.75. The van der Waals surface area contributed by atoms with Crippen molar-refractivity contribution in [2.45, 2.75) is 12.3 Å². The van der Waals surface area contributed by atoms with Crippen molar-refractivity contribution < 1.29 is 0 Å². The van der Waals surface area contributed by atoms with Gasteiger partial charge in [0.15, 0.2) is 11.6 Å². The first-order valence-electron chi connectivity index (χ1n) is 15.7. The zero-order valence-electron chi connectivity index (χ0n) is 26.0. The maximum Gasteiger partial charge on any atom is 0.238 e. The first kappa shape index (κ1) is 28.3. The summed E-state index contributed by atoms with van der Waals surface area (Å²) in [5.41, 5.74) is 8.69. The highest BCUT2D eigenvalue weighted by molar-refractivity contribution is 6.02. The molecule has 0 spiro atoms. The van der Waals surface area contributed by atoms with E-state index in [9.17, 15) is 0 Å². The van der Waals surface area contributed by atoms with E-state index in [0.29, 0.717) is 17.6 Å². The summed E-state index contributed by atoms with van der Waals surface area (Å²) in [5, 5.41) is 1.06. The molecule has 0 saturated carbocycles. The van der Waals surface area contributed by atoms with Gasteiger partial charge in [-0.25, -0.2) is 4.98 Å². The highest BCUT2D eigenvalue weighted by Gasteiger charge is 2.48. The monoisotopic (exact) mass is 605 g/mol. The molecule has 5 heteroatoms. The van der Waals surface area contributed by atoms with Crippen LogP contribution in [0.5, 0.6) is 0 Å². The molecule has 1 aliphatic rings. The van der Waals surface area contributed by atoms with Crippen molar-refractivity contribution in [2.24, 2.45) is 0 Å². The highest BCUT2D eigenvalue weighted by atomic mass is 15.2. The van der Waals surface area contributed by atoms with Gasteiger partial charge in [-0.05, 0) is 35.3 Å². The van der Waals surface area contributed by atoms with Crippen molar-refractivity contribution in [1.82, 2.24) is 24.5 Å². The Morgan fingerprint density at radius 3 is 1.70 bits per heavy atom. The van der Waals surface area contributed by atoms with E-state index in [-0.39, 0.29) is 0 Å². The molecule has 0 fully saturated rings. The highest BCUT2D eigenvalue weighted by Crippen LogP contribution is 2.56. The van der Waals surface area contributed by atoms with Gasteiger partial charge < -0.3 is 0 Å². The van der Waals surface area contributed by atoms with Crippen LogP contribution in [-0.4, -0.2) is 24.5 Å². The molecule has 0 bridgehead atoms. The molecular weight excluding hydrogens is 574 g/mol. The molecule has 4 aromatic carbocycles. The van der Waals surface area contributed by atoms with Crippen LogP contribution in [0.1, 0.15) is 29.3 Å². The van der Waals surface area contributed by atoms with Gasteiger partial charge in [-0.3, -0.25) is 9.55 Å². The lowest BCUT2D eigenvalue weighted by Crippen LogP contribution is -2.30. The zero-order chi connectivity index (χ0) is 31.8. The van der Waals surface area contributed by atoms with E-state index in [4.69, 9.17) is 19.9 Å². The first-order chi connectivity index (χ1) is 23.2. The molecule has 5 nitrogen and oxygen atoms in total. The molecule has 7 aromatic rings.